The number of hydrogen-bond donors (Lipinski definition) is 1. The maximum absolute atomic E-state index is 12.1. The number of carbonyl (C=O) groups is 1. The first kappa shape index (κ1) is 17.9. The van der Waals surface area contributed by atoms with E-state index in [2.05, 4.69) is 11.4 Å². The molecule has 0 heterocycles. The molecule has 0 fully saturated rings. The first-order chi connectivity index (χ1) is 11.5. The lowest BCUT2D eigenvalue weighted by molar-refractivity contribution is -0.123. The molecule has 0 bridgehead atoms. The molecule has 2 rings (SSSR count). The summed E-state index contributed by atoms with van der Waals surface area (Å²) in [6.07, 6.45) is 0. The Morgan fingerprint density at radius 2 is 1.62 bits per heavy atom. The normalized spacial score (nSPS) is 11.7. The number of rotatable bonds is 7. The zero-order chi connectivity index (χ0) is 17.5. The summed E-state index contributed by atoms with van der Waals surface area (Å²) in [5, 5.41) is 2.94. The largest absolute Gasteiger partial charge is 0.494 e. The van der Waals surface area contributed by atoms with Gasteiger partial charge in [0.25, 0.3) is 5.91 Å². The van der Waals surface area contributed by atoms with Crippen molar-refractivity contribution in [3.8, 4) is 11.5 Å². The van der Waals surface area contributed by atoms with E-state index in [0.717, 1.165) is 28.2 Å². The van der Waals surface area contributed by atoms with E-state index in [1.807, 2.05) is 64.1 Å². The summed E-state index contributed by atoms with van der Waals surface area (Å²) >= 11 is 0. The van der Waals surface area contributed by atoms with Gasteiger partial charge in [-0.2, -0.15) is 0 Å². The third-order valence-electron chi connectivity index (χ3n) is 3.63. The van der Waals surface area contributed by atoms with Gasteiger partial charge in [-0.1, -0.05) is 18.2 Å². The second kappa shape index (κ2) is 8.39. The third-order valence-corrected chi connectivity index (χ3v) is 3.63. The van der Waals surface area contributed by atoms with Crippen molar-refractivity contribution >= 4 is 5.91 Å². The van der Waals surface area contributed by atoms with Gasteiger partial charge in [0, 0.05) is 0 Å². The monoisotopic (exact) mass is 327 g/mol. The van der Waals surface area contributed by atoms with E-state index in [9.17, 15) is 4.79 Å². The summed E-state index contributed by atoms with van der Waals surface area (Å²) in [6, 6.07) is 13.6. The minimum Gasteiger partial charge on any atom is -0.494 e. The fourth-order valence-corrected chi connectivity index (χ4v) is 2.55. The Balaban J connectivity index is 1.86. The Hall–Kier alpha value is -2.49. The molecule has 128 valence electrons. The van der Waals surface area contributed by atoms with Crippen LogP contribution in [-0.2, 0) is 4.79 Å². The lowest BCUT2D eigenvalue weighted by Gasteiger charge is -2.15. The van der Waals surface area contributed by atoms with Crippen LogP contribution in [0.4, 0.5) is 0 Å². The quantitative estimate of drug-likeness (QED) is 0.837. The summed E-state index contributed by atoms with van der Waals surface area (Å²) in [5.41, 5.74) is 3.26. The van der Waals surface area contributed by atoms with E-state index in [1.54, 1.807) is 0 Å². The van der Waals surface area contributed by atoms with Crippen molar-refractivity contribution in [3.05, 3.63) is 59.2 Å². The molecular weight excluding hydrogens is 302 g/mol. The first-order valence-electron chi connectivity index (χ1n) is 8.21. The van der Waals surface area contributed by atoms with Crippen LogP contribution < -0.4 is 14.8 Å². The molecule has 0 aliphatic rings. The van der Waals surface area contributed by atoms with Gasteiger partial charge in [0.05, 0.1) is 12.6 Å². The molecule has 1 unspecified atom stereocenters. The number of aryl methyl sites for hydroxylation is 2. The van der Waals surface area contributed by atoms with Crippen LogP contribution in [0.15, 0.2) is 42.5 Å². The molecular formula is C20H25NO3. The van der Waals surface area contributed by atoms with E-state index in [0.29, 0.717) is 6.61 Å². The van der Waals surface area contributed by atoms with Gasteiger partial charge in [-0.3, -0.25) is 4.79 Å². The van der Waals surface area contributed by atoms with Crippen LogP contribution >= 0.6 is 0 Å². The van der Waals surface area contributed by atoms with Crippen LogP contribution in [0, 0.1) is 13.8 Å². The summed E-state index contributed by atoms with van der Waals surface area (Å²) in [5.74, 6) is 1.41. The second-order valence-electron chi connectivity index (χ2n) is 5.90. The van der Waals surface area contributed by atoms with Crippen molar-refractivity contribution in [2.45, 2.75) is 33.7 Å². The van der Waals surface area contributed by atoms with Gasteiger partial charge in [0.2, 0.25) is 0 Å². The summed E-state index contributed by atoms with van der Waals surface area (Å²) in [7, 11) is 0. The van der Waals surface area contributed by atoms with Crippen molar-refractivity contribution in [2.24, 2.45) is 0 Å². The van der Waals surface area contributed by atoms with Gasteiger partial charge in [-0.15, -0.1) is 0 Å². The molecule has 1 atom stereocenters. The molecule has 0 saturated heterocycles. The number of hydrogen-bond acceptors (Lipinski definition) is 3. The van der Waals surface area contributed by atoms with Crippen molar-refractivity contribution in [1.82, 2.24) is 5.32 Å². The molecule has 0 radical (unpaired) electrons. The average molecular weight is 327 g/mol. The summed E-state index contributed by atoms with van der Waals surface area (Å²) in [6.45, 7) is 8.56. The number of nitrogens with one attached hydrogen (secondary N) is 1. The van der Waals surface area contributed by atoms with Gasteiger partial charge in [0.15, 0.2) is 6.61 Å². The minimum absolute atomic E-state index is 0.00423. The van der Waals surface area contributed by atoms with Crippen LogP contribution in [-0.4, -0.2) is 19.1 Å². The number of benzene rings is 2. The fourth-order valence-electron chi connectivity index (χ4n) is 2.55. The highest BCUT2D eigenvalue weighted by Gasteiger charge is 2.10. The molecule has 0 aliphatic heterocycles. The van der Waals surface area contributed by atoms with Gasteiger partial charge >= 0.3 is 0 Å². The Labute approximate surface area is 143 Å². The first-order valence-corrected chi connectivity index (χ1v) is 8.21. The van der Waals surface area contributed by atoms with E-state index in [1.165, 1.54) is 0 Å². The number of ether oxygens (including phenoxy) is 2. The second-order valence-corrected chi connectivity index (χ2v) is 5.90. The molecule has 0 spiro atoms. The van der Waals surface area contributed by atoms with Crippen LogP contribution in [0.2, 0.25) is 0 Å². The van der Waals surface area contributed by atoms with E-state index in [-0.39, 0.29) is 18.6 Å². The van der Waals surface area contributed by atoms with Crippen LogP contribution in [0.5, 0.6) is 11.5 Å². The van der Waals surface area contributed by atoms with Crippen LogP contribution in [0.3, 0.4) is 0 Å². The molecule has 2 aromatic carbocycles. The number of carbonyl (C=O) groups excluding carboxylic acids is 1. The van der Waals surface area contributed by atoms with E-state index < -0.39 is 0 Å². The zero-order valence-electron chi connectivity index (χ0n) is 14.8. The highest BCUT2D eigenvalue weighted by atomic mass is 16.5. The highest BCUT2D eigenvalue weighted by Crippen LogP contribution is 2.18. The molecule has 4 heteroatoms. The van der Waals surface area contributed by atoms with Crippen LogP contribution in [0.1, 0.15) is 36.6 Å². The molecule has 24 heavy (non-hydrogen) atoms. The lowest BCUT2D eigenvalue weighted by Crippen LogP contribution is -2.31. The van der Waals surface area contributed by atoms with Crippen molar-refractivity contribution in [2.75, 3.05) is 13.2 Å². The Morgan fingerprint density at radius 1 is 1.00 bits per heavy atom. The molecule has 0 saturated carbocycles. The molecule has 0 aromatic heterocycles. The van der Waals surface area contributed by atoms with E-state index >= 15 is 0 Å². The standard InChI is InChI=1S/C20H25NO3/c1-5-23-18-8-6-17(7-9-18)16(4)21-20(22)13-24-19-11-14(2)10-15(3)12-19/h6-12,16H,5,13H2,1-4H3,(H,21,22). The predicted octanol–water partition coefficient (Wildman–Crippen LogP) is 3.96. The average Bonchev–Trinajstić information content (AvgIpc) is 2.53. The summed E-state index contributed by atoms with van der Waals surface area (Å²) < 4.78 is 11.0. The third kappa shape index (κ3) is 5.30. The molecule has 1 N–H and O–H groups in total. The maximum Gasteiger partial charge on any atom is 0.258 e. The van der Waals surface area contributed by atoms with Crippen molar-refractivity contribution in [1.29, 1.82) is 0 Å². The molecule has 2 aromatic rings. The Morgan fingerprint density at radius 3 is 2.21 bits per heavy atom. The maximum atomic E-state index is 12.1. The van der Waals surface area contributed by atoms with Gasteiger partial charge in [-0.25, -0.2) is 0 Å². The van der Waals surface area contributed by atoms with Gasteiger partial charge in [-0.05, 0) is 68.7 Å². The smallest absolute Gasteiger partial charge is 0.258 e. The topological polar surface area (TPSA) is 47.6 Å². The van der Waals surface area contributed by atoms with E-state index in [4.69, 9.17) is 9.47 Å². The van der Waals surface area contributed by atoms with Crippen molar-refractivity contribution in [3.63, 3.8) is 0 Å². The predicted molar refractivity (Wildman–Crippen MR) is 95.6 cm³/mol. The van der Waals surface area contributed by atoms with Crippen molar-refractivity contribution < 1.29 is 14.3 Å². The summed E-state index contributed by atoms with van der Waals surface area (Å²) in [4.78, 5) is 12.1. The zero-order valence-corrected chi connectivity index (χ0v) is 14.8. The Bertz CT molecular complexity index is 660. The highest BCUT2D eigenvalue weighted by molar-refractivity contribution is 5.78. The SMILES string of the molecule is CCOc1ccc(C(C)NC(=O)COc2cc(C)cc(C)c2)cc1. The number of amides is 1. The lowest BCUT2D eigenvalue weighted by atomic mass is 10.1. The fraction of sp³-hybridized carbons (Fsp3) is 0.350. The Kier molecular flexibility index (Phi) is 6.24. The van der Waals surface area contributed by atoms with Gasteiger partial charge in [0.1, 0.15) is 11.5 Å². The molecule has 0 aliphatic carbocycles. The van der Waals surface area contributed by atoms with Gasteiger partial charge < -0.3 is 14.8 Å². The van der Waals surface area contributed by atoms with Crippen LogP contribution in [0.25, 0.3) is 0 Å². The molecule has 4 nitrogen and oxygen atoms in total. The molecule has 1 amide bonds. The minimum atomic E-state index is -0.143.